The lowest BCUT2D eigenvalue weighted by molar-refractivity contribution is 0.0983. The number of carbonyl (C=O) groups excluding carboxylic acids is 1. The van der Waals surface area contributed by atoms with E-state index in [1.54, 1.807) is 0 Å². The molecule has 3 rings (SSSR count). The summed E-state index contributed by atoms with van der Waals surface area (Å²) >= 11 is 0. The lowest BCUT2D eigenvalue weighted by atomic mass is 10.2. The summed E-state index contributed by atoms with van der Waals surface area (Å²) < 4.78 is 14.6. The molecule has 1 N–H and O–H groups in total. The number of rotatable bonds is 5. The van der Waals surface area contributed by atoms with Crippen molar-refractivity contribution in [2.24, 2.45) is 0 Å². The van der Waals surface area contributed by atoms with Gasteiger partial charge in [0.15, 0.2) is 0 Å². The van der Waals surface area contributed by atoms with Crippen LogP contribution >= 0.6 is 7.92 Å². The Morgan fingerprint density at radius 1 is 0.786 bits per heavy atom. The molecular weight excluding hydrogens is 385 g/mol. The molecule has 0 unspecified atom stereocenters. The maximum absolute atomic E-state index is 13.0. The van der Waals surface area contributed by atoms with Crippen molar-refractivity contribution in [3.8, 4) is 0 Å². The molecule has 0 spiro atoms. The number of hydrogen-bond acceptors (Lipinski definition) is 2. The third-order valence-electron chi connectivity index (χ3n) is 4.16. The SMILES string of the molecule is CC(C)(C)[S@@](=O)NC(=O)c1ccccc1P(c1ccccc1)c1ccccc1. The van der Waals surface area contributed by atoms with Crippen molar-refractivity contribution in [2.75, 3.05) is 0 Å². The molecule has 5 heteroatoms. The molecule has 3 aromatic rings. The van der Waals surface area contributed by atoms with Crippen molar-refractivity contribution in [1.29, 1.82) is 0 Å². The van der Waals surface area contributed by atoms with E-state index in [9.17, 15) is 9.00 Å². The van der Waals surface area contributed by atoms with Gasteiger partial charge in [-0.25, -0.2) is 4.21 Å². The second-order valence-corrected chi connectivity index (χ2v) is 11.5. The highest BCUT2D eigenvalue weighted by Gasteiger charge is 2.26. The third-order valence-corrected chi connectivity index (χ3v) is 8.14. The molecule has 0 aromatic heterocycles. The van der Waals surface area contributed by atoms with E-state index >= 15 is 0 Å². The predicted octanol–water partition coefficient (Wildman–Crippen LogP) is 3.64. The molecule has 0 aliphatic rings. The topological polar surface area (TPSA) is 46.2 Å². The van der Waals surface area contributed by atoms with Crippen molar-refractivity contribution in [3.05, 3.63) is 90.5 Å². The summed E-state index contributed by atoms with van der Waals surface area (Å²) in [4.78, 5) is 13.0. The van der Waals surface area contributed by atoms with Gasteiger partial charge in [0.2, 0.25) is 0 Å². The monoisotopic (exact) mass is 409 g/mol. The minimum Gasteiger partial charge on any atom is -0.271 e. The summed E-state index contributed by atoms with van der Waals surface area (Å²) in [6, 6.07) is 28.1. The van der Waals surface area contributed by atoms with E-state index in [0.717, 1.165) is 5.30 Å². The fourth-order valence-electron chi connectivity index (χ4n) is 2.73. The van der Waals surface area contributed by atoms with Gasteiger partial charge in [-0.2, -0.15) is 0 Å². The second kappa shape index (κ2) is 8.81. The third kappa shape index (κ3) is 4.76. The normalized spacial score (nSPS) is 12.6. The van der Waals surface area contributed by atoms with E-state index in [-0.39, 0.29) is 5.91 Å². The van der Waals surface area contributed by atoms with E-state index in [4.69, 9.17) is 0 Å². The van der Waals surface area contributed by atoms with Gasteiger partial charge < -0.3 is 0 Å². The highest BCUT2D eigenvalue weighted by atomic mass is 32.2. The molecule has 0 heterocycles. The Morgan fingerprint density at radius 3 is 1.75 bits per heavy atom. The molecule has 3 nitrogen and oxygen atoms in total. The molecule has 1 amide bonds. The number of hydrogen-bond donors (Lipinski definition) is 1. The molecule has 0 radical (unpaired) electrons. The van der Waals surface area contributed by atoms with Crippen LogP contribution in [0.2, 0.25) is 0 Å². The molecule has 0 fully saturated rings. The Hall–Kier alpha value is -2.29. The molecule has 0 aliphatic heterocycles. The first-order valence-electron chi connectivity index (χ1n) is 9.10. The van der Waals surface area contributed by atoms with Crippen molar-refractivity contribution < 1.29 is 9.00 Å². The standard InChI is InChI=1S/C23H24NO2PS/c1-23(2,3)28(26)24-22(25)20-16-10-11-17-21(20)27(18-12-6-4-7-13-18)19-14-8-5-9-15-19/h4-17H,1-3H3,(H,24,25)/t28-/m1/s1. The Bertz CT molecular complexity index is 929. The zero-order valence-electron chi connectivity index (χ0n) is 16.3. The fourth-order valence-corrected chi connectivity index (χ4v) is 5.77. The van der Waals surface area contributed by atoms with E-state index < -0.39 is 23.7 Å². The molecule has 144 valence electrons. The van der Waals surface area contributed by atoms with Crippen LogP contribution in [0.3, 0.4) is 0 Å². The highest BCUT2D eigenvalue weighted by Crippen LogP contribution is 2.34. The second-order valence-electron chi connectivity index (χ2n) is 7.34. The Morgan fingerprint density at radius 2 is 1.25 bits per heavy atom. The van der Waals surface area contributed by atoms with Crippen molar-refractivity contribution >= 4 is 40.7 Å². The molecule has 3 aromatic carbocycles. The van der Waals surface area contributed by atoms with Gasteiger partial charge in [-0.15, -0.1) is 0 Å². The van der Waals surface area contributed by atoms with Crippen molar-refractivity contribution in [1.82, 2.24) is 4.72 Å². The van der Waals surface area contributed by atoms with E-state index in [1.165, 1.54) is 10.6 Å². The maximum Gasteiger partial charge on any atom is 0.263 e. The summed E-state index contributed by atoms with van der Waals surface area (Å²) in [5, 5.41) is 3.29. The molecule has 0 aliphatic carbocycles. The number of amides is 1. The van der Waals surface area contributed by atoms with Gasteiger partial charge in [0, 0.05) is 5.56 Å². The smallest absolute Gasteiger partial charge is 0.263 e. The average Bonchev–Trinajstić information content (AvgIpc) is 2.69. The quantitative estimate of drug-likeness (QED) is 0.654. The van der Waals surface area contributed by atoms with Crippen molar-refractivity contribution in [3.63, 3.8) is 0 Å². The van der Waals surface area contributed by atoms with E-state index in [2.05, 4.69) is 29.0 Å². The Balaban J connectivity index is 2.08. The molecule has 0 saturated carbocycles. The first-order valence-corrected chi connectivity index (χ1v) is 11.6. The van der Waals surface area contributed by atoms with Crippen molar-refractivity contribution in [2.45, 2.75) is 25.5 Å². The molecule has 0 bridgehead atoms. The molecular formula is C23H24NO2PS. The van der Waals surface area contributed by atoms with Gasteiger partial charge in [0.05, 0.1) is 4.75 Å². The van der Waals surface area contributed by atoms with Gasteiger partial charge in [0.1, 0.15) is 11.0 Å². The van der Waals surface area contributed by atoms with E-state index in [1.807, 2.05) is 81.4 Å². The number of carbonyl (C=O) groups is 1. The van der Waals surface area contributed by atoms with Crippen LogP contribution in [0.1, 0.15) is 31.1 Å². The predicted molar refractivity (Wildman–Crippen MR) is 121 cm³/mol. The van der Waals surface area contributed by atoms with Crippen LogP contribution in [0.5, 0.6) is 0 Å². The molecule has 0 saturated heterocycles. The highest BCUT2D eigenvalue weighted by molar-refractivity contribution is 7.85. The van der Waals surface area contributed by atoms with Gasteiger partial charge in [-0.05, 0) is 50.7 Å². The first kappa shape index (κ1) is 20.4. The lowest BCUT2D eigenvalue weighted by Crippen LogP contribution is -2.39. The Labute approximate surface area is 170 Å². The average molecular weight is 409 g/mol. The number of benzene rings is 3. The Kier molecular flexibility index (Phi) is 6.43. The molecule has 28 heavy (non-hydrogen) atoms. The van der Waals surface area contributed by atoms with E-state index in [0.29, 0.717) is 5.56 Å². The van der Waals surface area contributed by atoms with Gasteiger partial charge >= 0.3 is 0 Å². The van der Waals surface area contributed by atoms with Crippen LogP contribution in [0.25, 0.3) is 0 Å². The summed E-state index contributed by atoms with van der Waals surface area (Å²) in [5.74, 6) is -0.303. The summed E-state index contributed by atoms with van der Waals surface area (Å²) in [7, 11) is -2.38. The first-order chi connectivity index (χ1) is 13.4. The minimum absolute atomic E-state index is 0.303. The zero-order valence-corrected chi connectivity index (χ0v) is 18.0. The van der Waals surface area contributed by atoms with Crippen LogP contribution in [-0.2, 0) is 11.0 Å². The van der Waals surface area contributed by atoms with Gasteiger partial charge in [-0.3, -0.25) is 9.52 Å². The van der Waals surface area contributed by atoms with Crippen LogP contribution in [0, 0.1) is 0 Å². The van der Waals surface area contributed by atoms with Gasteiger partial charge in [-0.1, -0.05) is 78.9 Å². The largest absolute Gasteiger partial charge is 0.271 e. The van der Waals surface area contributed by atoms with Crippen LogP contribution < -0.4 is 20.6 Å². The minimum atomic E-state index is -1.47. The summed E-state index contributed by atoms with van der Waals surface area (Å²) in [6.07, 6.45) is 0. The maximum atomic E-state index is 13.0. The zero-order chi connectivity index (χ0) is 20.1. The summed E-state index contributed by atoms with van der Waals surface area (Å²) in [6.45, 7) is 5.53. The van der Waals surface area contributed by atoms with Crippen LogP contribution in [-0.4, -0.2) is 14.9 Å². The lowest BCUT2D eigenvalue weighted by Gasteiger charge is -2.23. The number of nitrogens with one attached hydrogen (secondary N) is 1. The summed E-state index contributed by atoms with van der Waals surface area (Å²) in [5.41, 5.74) is 0.568. The van der Waals surface area contributed by atoms with Crippen LogP contribution in [0.4, 0.5) is 0 Å². The van der Waals surface area contributed by atoms with Gasteiger partial charge in [0.25, 0.3) is 5.91 Å². The van der Waals surface area contributed by atoms with Crippen LogP contribution in [0.15, 0.2) is 84.9 Å². The molecule has 1 atom stereocenters. The fraction of sp³-hybridized carbons (Fsp3) is 0.174.